The number of aryl methyl sites for hydroxylation is 1. The van der Waals surface area contributed by atoms with Crippen molar-refractivity contribution in [2.75, 3.05) is 19.0 Å². The van der Waals surface area contributed by atoms with Crippen molar-refractivity contribution in [3.8, 4) is 11.6 Å². The Bertz CT molecular complexity index is 601. The average molecular weight is 257 g/mol. The minimum atomic E-state index is 0.107. The molecule has 1 aliphatic rings. The van der Waals surface area contributed by atoms with E-state index in [9.17, 15) is 0 Å². The van der Waals surface area contributed by atoms with Gasteiger partial charge in [0.1, 0.15) is 24.0 Å². The van der Waals surface area contributed by atoms with E-state index in [0.29, 0.717) is 18.3 Å². The molecule has 1 N–H and O–H groups in total. The highest BCUT2D eigenvalue weighted by atomic mass is 16.5. The van der Waals surface area contributed by atoms with Gasteiger partial charge in [-0.1, -0.05) is 18.2 Å². The van der Waals surface area contributed by atoms with Crippen LogP contribution in [0.5, 0.6) is 11.6 Å². The van der Waals surface area contributed by atoms with Crippen molar-refractivity contribution in [1.82, 2.24) is 9.97 Å². The number of fused-ring (bicyclic) bond motifs is 1. The van der Waals surface area contributed by atoms with Gasteiger partial charge in [-0.15, -0.1) is 0 Å². The van der Waals surface area contributed by atoms with Gasteiger partial charge in [0.25, 0.3) is 0 Å². The molecule has 1 atom stereocenters. The fraction of sp³-hybridized carbons (Fsp3) is 0.286. The molecule has 1 aromatic carbocycles. The predicted octanol–water partition coefficient (Wildman–Crippen LogP) is 2.34. The maximum Gasteiger partial charge on any atom is 0.218 e. The first kappa shape index (κ1) is 11.8. The van der Waals surface area contributed by atoms with Crippen molar-refractivity contribution in [1.29, 1.82) is 0 Å². The van der Waals surface area contributed by atoms with Gasteiger partial charge in [-0.25, -0.2) is 4.98 Å². The highest BCUT2D eigenvalue weighted by molar-refractivity contribution is 5.47. The van der Waals surface area contributed by atoms with Crippen LogP contribution >= 0.6 is 0 Å². The highest BCUT2D eigenvalue weighted by Gasteiger charge is 2.23. The molecule has 5 heteroatoms. The van der Waals surface area contributed by atoms with Crippen LogP contribution < -0.4 is 14.8 Å². The quantitative estimate of drug-likeness (QED) is 0.914. The van der Waals surface area contributed by atoms with Crippen molar-refractivity contribution >= 4 is 5.82 Å². The van der Waals surface area contributed by atoms with Gasteiger partial charge in [-0.3, -0.25) is 0 Å². The Balaban J connectivity index is 1.85. The Hall–Kier alpha value is -2.30. The van der Waals surface area contributed by atoms with Crippen LogP contribution in [0.15, 0.2) is 30.3 Å². The van der Waals surface area contributed by atoms with Gasteiger partial charge in [-0.05, 0) is 13.0 Å². The minimum absolute atomic E-state index is 0.107. The van der Waals surface area contributed by atoms with Crippen molar-refractivity contribution in [2.45, 2.75) is 13.0 Å². The predicted molar refractivity (Wildman–Crippen MR) is 71.6 cm³/mol. The first-order valence-electron chi connectivity index (χ1n) is 6.14. The molecule has 2 heterocycles. The molecule has 0 amide bonds. The molecule has 0 radical (unpaired) electrons. The zero-order valence-corrected chi connectivity index (χ0v) is 10.9. The maximum absolute atomic E-state index is 5.63. The summed E-state index contributed by atoms with van der Waals surface area (Å²) < 4.78 is 10.8. The average Bonchev–Trinajstić information content (AvgIpc) is 2.82. The maximum atomic E-state index is 5.63. The second-order valence-corrected chi connectivity index (χ2v) is 4.39. The Labute approximate surface area is 111 Å². The van der Waals surface area contributed by atoms with E-state index in [2.05, 4.69) is 21.4 Å². The van der Waals surface area contributed by atoms with E-state index >= 15 is 0 Å². The smallest absolute Gasteiger partial charge is 0.218 e. The standard InChI is InChI=1S/C14H15N3O2/c1-9-15-13(7-14(16-9)18-2)17-11-8-19-12-6-4-3-5-10(11)12/h3-7,11H,8H2,1-2H3,(H,15,16,17). The van der Waals surface area contributed by atoms with Crippen LogP contribution in [-0.2, 0) is 0 Å². The molecule has 19 heavy (non-hydrogen) atoms. The van der Waals surface area contributed by atoms with Gasteiger partial charge in [-0.2, -0.15) is 4.98 Å². The molecule has 98 valence electrons. The van der Waals surface area contributed by atoms with Gasteiger partial charge in [0.2, 0.25) is 5.88 Å². The zero-order valence-electron chi connectivity index (χ0n) is 10.9. The van der Waals surface area contributed by atoms with E-state index < -0.39 is 0 Å². The number of rotatable bonds is 3. The summed E-state index contributed by atoms with van der Waals surface area (Å²) in [5.74, 6) is 2.91. The number of para-hydroxylation sites is 1. The summed E-state index contributed by atoms with van der Waals surface area (Å²) >= 11 is 0. The molecule has 2 aromatic rings. The number of nitrogens with one attached hydrogen (secondary N) is 1. The summed E-state index contributed by atoms with van der Waals surface area (Å²) in [6.07, 6.45) is 0. The number of methoxy groups -OCH3 is 1. The fourth-order valence-corrected chi connectivity index (χ4v) is 2.18. The molecule has 0 saturated heterocycles. The van der Waals surface area contributed by atoms with Gasteiger partial charge in [0, 0.05) is 11.6 Å². The van der Waals surface area contributed by atoms with Crippen LogP contribution in [0.2, 0.25) is 0 Å². The Morgan fingerprint density at radius 1 is 1.32 bits per heavy atom. The number of aromatic nitrogens is 2. The van der Waals surface area contributed by atoms with Crippen LogP contribution in [0.25, 0.3) is 0 Å². The molecule has 1 unspecified atom stereocenters. The van der Waals surface area contributed by atoms with E-state index in [1.165, 1.54) is 0 Å². The Morgan fingerprint density at radius 2 is 2.16 bits per heavy atom. The molecule has 0 saturated carbocycles. The number of anilines is 1. The fourth-order valence-electron chi connectivity index (χ4n) is 2.18. The lowest BCUT2D eigenvalue weighted by atomic mass is 10.1. The van der Waals surface area contributed by atoms with E-state index in [-0.39, 0.29) is 6.04 Å². The summed E-state index contributed by atoms with van der Waals surface area (Å²) in [5, 5.41) is 3.36. The summed E-state index contributed by atoms with van der Waals surface area (Å²) in [6.45, 7) is 2.44. The molecule has 3 rings (SSSR count). The molecular formula is C14H15N3O2. The summed E-state index contributed by atoms with van der Waals surface area (Å²) in [6, 6.07) is 9.91. The summed E-state index contributed by atoms with van der Waals surface area (Å²) in [4.78, 5) is 8.53. The monoisotopic (exact) mass is 257 g/mol. The Morgan fingerprint density at radius 3 is 3.00 bits per heavy atom. The number of ether oxygens (including phenoxy) is 2. The SMILES string of the molecule is COc1cc(NC2COc3ccccc32)nc(C)n1. The van der Waals surface area contributed by atoms with Gasteiger partial charge < -0.3 is 14.8 Å². The summed E-state index contributed by atoms with van der Waals surface area (Å²) in [5.41, 5.74) is 1.15. The molecule has 0 aliphatic carbocycles. The van der Waals surface area contributed by atoms with E-state index in [4.69, 9.17) is 9.47 Å². The number of hydrogen-bond acceptors (Lipinski definition) is 5. The number of benzene rings is 1. The van der Waals surface area contributed by atoms with Crippen molar-refractivity contribution in [2.24, 2.45) is 0 Å². The van der Waals surface area contributed by atoms with Crippen LogP contribution in [0.3, 0.4) is 0 Å². The lowest BCUT2D eigenvalue weighted by Crippen LogP contribution is -2.13. The van der Waals surface area contributed by atoms with Crippen LogP contribution in [0.4, 0.5) is 5.82 Å². The van der Waals surface area contributed by atoms with Gasteiger partial charge in [0.15, 0.2) is 0 Å². The largest absolute Gasteiger partial charge is 0.491 e. The second kappa shape index (κ2) is 4.76. The first-order valence-corrected chi connectivity index (χ1v) is 6.14. The van der Waals surface area contributed by atoms with Crippen LogP contribution in [-0.4, -0.2) is 23.7 Å². The van der Waals surface area contributed by atoms with Crippen LogP contribution in [0.1, 0.15) is 17.4 Å². The molecule has 5 nitrogen and oxygen atoms in total. The Kier molecular flexibility index (Phi) is 2.95. The number of hydrogen-bond donors (Lipinski definition) is 1. The normalized spacial score (nSPS) is 16.6. The van der Waals surface area contributed by atoms with Crippen molar-refractivity contribution in [3.63, 3.8) is 0 Å². The van der Waals surface area contributed by atoms with E-state index in [0.717, 1.165) is 17.1 Å². The molecule has 1 aliphatic heterocycles. The topological polar surface area (TPSA) is 56.3 Å². The summed E-state index contributed by atoms with van der Waals surface area (Å²) in [7, 11) is 1.60. The molecule has 0 bridgehead atoms. The third-order valence-corrected chi connectivity index (χ3v) is 3.05. The number of nitrogens with zero attached hydrogens (tertiary/aromatic N) is 2. The van der Waals surface area contributed by atoms with Crippen molar-refractivity contribution in [3.05, 3.63) is 41.7 Å². The van der Waals surface area contributed by atoms with Gasteiger partial charge >= 0.3 is 0 Å². The molecule has 0 fully saturated rings. The zero-order chi connectivity index (χ0) is 13.2. The van der Waals surface area contributed by atoms with Gasteiger partial charge in [0.05, 0.1) is 13.2 Å². The lowest BCUT2D eigenvalue weighted by molar-refractivity contribution is 0.339. The third kappa shape index (κ3) is 2.31. The van der Waals surface area contributed by atoms with E-state index in [1.54, 1.807) is 13.2 Å². The van der Waals surface area contributed by atoms with Crippen molar-refractivity contribution < 1.29 is 9.47 Å². The minimum Gasteiger partial charge on any atom is -0.491 e. The molecular weight excluding hydrogens is 242 g/mol. The van der Waals surface area contributed by atoms with Crippen LogP contribution in [0, 0.1) is 6.92 Å². The molecule has 1 aromatic heterocycles. The lowest BCUT2D eigenvalue weighted by Gasteiger charge is -2.13. The first-order chi connectivity index (χ1) is 9.26. The molecule has 0 spiro atoms. The second-order valence-electron chi connectivity index (χ2n) is 4.39. The van der Waals surface area contributed by atoms with E-state index in [1.807, 2.05) is 25.1 Å². The third-order valence-electron chi connectivity index (χ3n) is 3.05. The highest BCUT2D eigenvalue weighted by Crippen LogP contribution is 2.33.